The molecule has 2 rings (SSSR count). The highest BCUT2D eigenvalue weighted by molar-refractivity contribution is 5.43. The molecule has 4 heteroatoms. The van der Waals surface area contributed by atoms with Gasteiger partial charge in [0.1, 0.15) is 5.82 Å². The second kappa shape index (κ2) is 7.97. The molecule has 23 heavy (non-hydrogen) atoms. The minimum Gasteiger partial charge on any atom is -0.493 e. The van der Waals surface area contributed by atoms with Crippen LogP contribution < -0.4 is 15.2 Å². The second-order valence-electron chi connectivity index (χ2n) is 5.84. The van der Waals surface area contributed by atoms with Crippen LogP contribution in [0.15, 0.2) is 42.5 Å². The Bertz CT molecular complexity index is 626. The number of nitrogens with two attached hydrogens (primary N) is 1. The summed E-state index contributed by atoms with van der Waals surface area (Å²) in [5, 5.41) is 0. The van der Waals surface area contributed by atoms with E-state index in [4.69, 9.17) is 15.2 Å². The predicted octanol–water partition coefficient (Wildman–Crippen LogP) is 3.91. The Kier molecular flexibility index (Phi) is 5.99. The summed E-state index contributed by atoms with van der Waals surface area (Å²) in [6.45, 7) is 4.46. The molecule has 0 saturated carbocycles. The number of hydrogen-bond donors (Lipinski definition) is 1. The largest absolute Gasteiger partial charge is 0.493 e. The number of halogens is 1. The molecule has 0 amide bonds. The van der Waals surface area contributed by atoms with Crippen molar-refractivity contribution < 1.29 is 13.9 Å². The van der Waals surface area contributed by atoms with Crippen LogP contribution in [-0.2, 0) is 6.42 Å². The molecule has 0 saturated heterocycles. The molecule has 0 bridgehead atoms. The number of methoxy groups -OCH3 is 1. The maximum absolute atomic E-state index is 13.1. The topological polar surface area (TPSA) is 44.5 Å². The third kappa shape index (κ3) is 4.70. The summed E-state index contributed by atoms with van der Waals surface area (Å²) in [7, 11) is 1.63. The van der Waals surface area contributed by atoms with Crippen molar-refractivity contribution in [2.75, 3.05) is 13.7 Å². The van der Waals surface area contributed by atoms with Gasteiger partial charge in [-0.2, -0.15) is 0 Å². The van der Waals surface area contributed by atoms with Crippen LogP contribution in [0.3, 0.4) is 0 Å². The van der Waals surface area contributed by atoms with E-state index in [1.807, 2.05) is 32.0 Å². The fourth-order valence-corrected chi connectivity index (χ4v) is 2.55. The van der Waals surface area contributed by atoms with Crippen LogP contribution in [0.25, 0.3) is 0 Å². The van der Waals surface area contributed by atoms with Gasteiger partial charge in [0.15, 0.2) is 11.5 Å². The van der Waals surface area contributed by atoms with E-state index >= 15 is 0 Å². The molecule has 2 N–H and O–H groups in total. The lowest BCUT2D eigenvalue weighted by molar-refractivity contribution is 0.230. The minimum absolute atomic E-state index is 0.0709. The minimum atomic E-state index is -0.235. The van der Waals surface area contributed by atoms with Crippen LogP contribution in [0.5, 0.6) is 11.5 Å². The van der Waals surface area contributed by atoms with Gasteiger partial charge < -0.3 is 15.2 Å². The fourth-order valence-electron chi connectivity index (χ4n) is 2.55. The molecule has 0 aliphatic rings. The van der Waals surface area contributed by atoms with Crippen LogP contribution in [0.4, 0.5) is 4.39 Å². The molecule has 1 atom stereocenters. The highest BCUT2D eigenvalue weighted by atomic mass is 19.1. The fraction of sp³-hybridized carbons (Fsp3) is 0.368. The summed E-state index contributed by atoms with van der Waals surface area (Å²) in [6, 6.07) is 12.4. The maximum Gasteiger partial charge on any atom is 0.161 e. The Labute approximate surface area is 137 Å². The van der Waals surface area contributed by atoms with Gasteiger partial charge in [0.2, 0.25) is 0 Å². The summed E-state index contributed by atoms with van der Waals surface area (Å²) in [6.07, 6.45) is 0.835. The van der Waals surface area contributed by atoms with E-state index in [-0.39, 0.29) is 17.8 Å². The molecule has 0 aliphatic carbocycles. The molecule has 124 valence electrons. The van der Waals surface area contributed by atoms with E-state index in [2.05, 4.69) is 0 Å². The Balaban J connectivity index is 2.21. The highest BCUT2D eigenvalue weighted by Crippen LogP contribution is 2.31. The summed E-state index contributed by atoms with van der Waals surface area (Å²) >= 11 is 0. The van der Waals surface area contributed by atoms with E-state index in [0.717, 1.165) is 23.3 Å². The lowest BCUT2D eigenvalue weighted by atomic mass is 9.92. The SMILES string of the molecule is COc1ccc(CC(CN)c2ccc(F)cc2)cc1OC(C)C. The first kappa shape index (κ1) is 17.3. The summed E-state index contributed by atoms with van der Waals surface area (Å²) in [5.41, 5.74) is 8.07. The van der Waals surface area contributed by atoms with Gasteiger partial charge in [0, 0.05) is 5.92 Å². The van der Waals surface area contributed by atoms with Gasteiger partial charge in [-0.25, -0.2) is 4.39 Å². The monoisotopic (exact) mass is 317 g/mol. The third-order valence-electron chi connectivity index (χ3n) is 3.70. The maximum atomic E-state index is 13.1. The van der Waals surface area contributed by atoms with Crippen molar-refractivity contribution in [2.45, 2.75) is 32.3 Å². The molecule has 0 spiro atoms. The zero-order valence-corrected chi connectivity index (χ0v) is 13.9. The first-order valence-corrected chi connectivity index (χ1v) is 7.82. The normalized spacial score (nSPS) is 12.3. The van der Waals surface area contributed by atoms with Gasteiger partial charge >= 0.3 is 0 Å². The average Bonchev–Trinajstić information content (AvgIpc) is 2.53. The zero-order chi connectivity index (χ0) is 16.8. The van der Waals surface area contributed by atoms with Gasteiger partial charge in [-0.3, -0.25) is 0 Å². The van der Waals surface area contributed by atoms with E-state index in [1.54, 1.807) is 19.2 Å². The van der Waals surface area contributed by atoms with Crippen molar-refractivity contribution in [1.29, 1.82) is 0 Å². The first-order valence-electron chi connectivity index (χ1n) is 7.82. The predicted molar refractivity (Wildman–Crippen MR) is 90.7 cm³/mol. The van der Waals surface area contributed by atoms with E-state index in [1.165, 1.54) is 12.1 Å². The molecule has 0 aromatic heterocycles. The Hall–Kier alpha value is -2.07. The van der Waals surface area contributed by atoms with Crippen molar-refractivity contribution in [3.05, 3.63) is 59.4 Å². The third-order valence-corrected chi connectivity index (χ3v) is 3.70. The molecule has 0 heterocycles. The van der Waals surface area contributed by atoms with Gasteiger partial charge in [0.05, 0.1) is 13.2 Å². The number of ether oxygens (including phenoxy) is 2. The number of rotatable bonds is 7. The molecular formula is C19H24FNO2. The van der Waals surface area contributed by atoms with Crippen LogP contribution in [-0.4, -0.2) is 19.8 Å². The van der Waals surface area contributed by atoms with Crippen LogP contribution >= 0.6 is 0 Å². The second-order valence-corrected chi connectivity index (χ2v) is 5.84. The standard InChI is InChI=1S/C19H24FNO2/c1-13(2)23-19-11-14(4-9-18(19)22-3)10-16(12-21)15-5-7-17(20)8-6-15/h4-9,11,13,16H,10,12,21H2,1-3H3. The summed E-state index contributed by atoms with van der Waals surface area (Å²) < 4.78 is 24.2. The smallest absolute Gasteiger partial charge is 0.161 e. The molecular weight excluding hydrogens is 293 g/mol. The number of hydrogen-bond acceptors (Lipinski definition) is 3. The highest BCUT2D eigenvalue weighted by Gasteiger charge is 2.14. The van der Waals surface area contributed by atoms with E-state index in [0.29, 0.717) is 12.3 Å². The molecule has 0 aliphatic heterocycles. The molecule has 1 unspecified atom stereocenters. The van der Waals surface area contributed by atoms with Crippen LogP contribution in [0, 0.1) is 5.82 Å². The molecule has 2 aromatic rings. The summed E-state index contributed by atoms with van der Waals surface area (Å²) in [4.78, 5) is 0. The molecule has 2 aromatic carbocycles. The zero-order valence-electron chi connectivity index (χ0n) is 13.9. The van der Waals surface area contributed by atoms with Gasteiger partial charge in [-0.15, -0.1) is 0 Å². The lowest BCUT2D eigenvalue weighted by Gasteiger charge is -2.18. The van der Waals surface area contributed by atoms with Gasteiger partial charge in [0.25, 0.3) is 0 Å². The summed E-state index contributed by atoms with van der Waals surface area (Å²) in [5.74, 6) is 1.35. The first-order chi connectivity index (χ1) is 11.0. The van der Waals surface area contributed by atoms with Crippen molar-refractivity contribution in [3.8, 4) is 11.5 Å². The van der Waals surface area contributed by atoms with Crippen molar-refractivity contribution in [2.24, 2.45) is 5.73 Å². The van der Waals surface area contributed by atoms with E-state index in [9.17, 15) is 4.39 Å². The quantitative estimate of drug-likeness (QED) is 0.842. The van der Waals surface area contributed by atoms with E-state index < -0.39 is 0 Å². The van der Waals surface area contributed by atoms with Crippen molar-refractivity contribution in [3.63, 3.8) is 0 Å². The van der Waals surface area contributed by atoms with Gasteiger partial charge in [-0.05, 0) is 62.2 Å². The van der Waals surface area contributed by atoms with Crippen molar-refractivity contribution >= 4 is 0 Å². The number of benzene rings is 2. The molecule has 0 fully saturated rings. The van der Waals surface area contributed by atoms with Crippen LogP contribution in [0.1, 0.15) is 30.9 Å². The Morgan fingerprint density at radius 2 is 1.74 bits per heavy atom. The Morgan fingerprint density at radius 1 is 1.04 bits per heavy atom. The molecule has 3 nitrogen and oxygen atoms in total. The van der Waals surface area contributed by atoms with Crippen LogP contribution in [0.2, 0.25) is 0 Å². The average molecular weight is 317 g/mol. The van der Waals surface area contributed by atoms with Crippen molar-refractivity contribution in [1.82, 2.24) is 0 Å². The Morgan fingerprint density at radius 3 is 2.30 bits per heavy atom. The van der Waals surface area contributed by atoms with Gasteiger partial charge in [-0.1, -0.05) is 18.2 Å². The lowest BCUT2D eigenvalue weighted by Crippen LogP contribution is -2.15. The molecule has 0 radical (unpaired) electrons.